The number of thiocarbonyl (C=S) groups is 1. The molecule has 16 heavy (non-hydrogen) atoms. The fraction of sp³-hybridized carbons (Fsp3) is 0.333. The molecule has 0 spiro atoms. The molecule has 1 unspecified atom stereocenters. The van der Waals surface area contributed by atoms with E-state index in [9.17, 15) is 4.79 Å². The Balaban J connectivity index is 3.07. The van der Waals surface area contributed by atoms with Crippen molar-refractivity contribution in [2.45, 2.75) is 19.9 Å². The molecule has 0 aliphatic heterocycles. The van der Waals surface area contributed by atoms with Gasteiger partial charge in [-0.15, -0.1) is 0 Å². The zero-order valence-corrected chi connectivity index (χ0v) is 10.5. The predicted octanol–water partition coefficient (Wildman–Crippen LogP) is 1.80. The smallest absolute Gasteiger partial charge is 0.220 e. The fourth-order valence-electron chi connectivity index (χ4n) is 1.51. The molecule has 0 aliphatic rings. The first kappa shape index (κ1) is 12.6. The van der Waals surface area contributed by atoms with E-state index in [4.69, 9.17) is 18.0 Å². The highest BCUT2D eigenvalue weighted by Gasteiger charge is 2.21. The van der Waals surface area contributed by atoms with Crippen molar-refractivity contribution in [2.75, 3.05) is 7.05 Å². The highest BCUT2D eigenvalue weighted by molar-refractivity contribution is 7.80. The molecule has 4 heteroatoms. The molecular weight excluding hydrogens is 220 g/mol. The van der Waals surface area contributed by atoms with Crippen molar-refractivity contribution in [3.05, 3.63) is 35.4 Å². The minimum absolute atomic E-state index is 0.0571. The van der Waals surface area contributed by atoms with Crippen LogP contribution in [0.3, 0.4) is 0 Å². The third kappa shape index (κ3) is 2.79. The van der Waals surface area contributed by atoms with Crippen LogP contribution in [0.15, 0.2) is 24.3 Å². The number of benzene rings is 1. The maximum Gasteiger partial charge on any atom is 0.220 e. The molecule has 0 radical (unpaired) electrons. The summed E-state index contributed by atoms with van der Waals surface area (Å²) in [6, 6.07) is 7.52. The van der Waals surface area contributed by atoms with Crippen molar-refractivity contribution in [3.63, 3.8) is 0 Å². The Labute approximate surface area is 101 Å². The SMILES string of the molecule is CC(=O)N(C)C(C(N)=S)c1ccc(C)cc1. The molecule has 1 atom stereocenters. The summed E-state index contributed by atoms with van der Waals surface area (Å²) in [4.78, 5) is 13.2. The first-order valence-corrected chi connectivity index (χ1v) is 5.43. The van der Waals surface area contributed by atoms with Crippen LogP contribution in [-0.2, 0) is 4.79 Å². The highest BCUT2D eigenvalue weighted by Crippen LogP contribution is 2.20. The van der Waals surface area contributed by atoms with Crippen LogP contribution in [-0.4, -0.2) is 22.8 Å². The van der Waals surface area contributed by atoms with Crippen molar-refractivity contribution in [3.8, 4) is 0 Å². The summed E-state index contributed by atoms with van der Waals surface area (Å²) in [5.74, 6) is -0.0571. The van der Waals surface area contributed by atoms with Gasteiger partial charge in [0.05, 0.1) is 0 Å². The molecule has 1 aromatic rings. The van der Waals surface area contributed by atoms with Gasteiger partial charge in [-0.3, -0.25) is 4.79 Å². The Hall–Kier alpha value is -1.42. The van der Waals surface area contributed by atoms with Crippen molar-refractivity contribution in [1.82, 2.24) is 4.90 Å². The largest absolute Gasteiger partial charge is 0.391 e. The lowest BCUT2D eigenvalue weighted by atomic mass is 10.0. The lowest BCUT2D eigenvalue weighted by Crippen LogP contribution is -2.37. The normalized spacial score (nSPS) is 11.9. The van der Waals surface area contributed by atoms with Gasteiger partial charge in [-0.05, 0) is 12.5 Å². The van der Waals surface area contributed by atoms with E-state index >= 15 is 0 Å². The van der Waals surface area contributed by atoms with Crippen LogP contribution in [0, 0.1) is 6.92 Å². The zero-order chi connectivity index (χ0) is 12.3. The maximum absolute atomic E-state index is 11.3. The zero-order valence-electron chi connectivity index (χ0n) is 9.73. The Morgan fingerprint density at radius 2 is 1.88 bits per heavy atom. The van der Waals surface area contributed by atoms with Crippen LogP contribution < -0.4 is 5.73 Å². The van der Waals surface area contributed by atoms with Crippen molar-refractivity contribution in [2.24, 2.45) is 5.73 Å². The molecule has 0 saturated heterocycles. The summed E-state index contributed by atoms with van der Waals surface area (Å²) in [5.41, 5.74) is 7.79. The number of carbonyl (C=O) groups is 1. The van der Waals surface area contributed by atoms with E-state index in [-0.39, 0.29) is 11.9 Å². The number of hydrogen-bond donors (Lipinski definition) is 1. The number of amides is 1. The third-order valence-corrected chi connectivity index (χ3v) is 2.77. The first-order chi connectivity index (χ1) is 7.43. The summed E-state index contributed by atoms with van der Waals surface area (Å²) >= 11 is 5.01. The van der Waals surface area contributed by atoms with Gasteiger partial charge in [0.15, 0.2) is 0 Å². The second kappa shape index (κ2) is 5.07. The second-order valence-electron chi connectivity index (χ2n) is 3.85. The molecule has 0 saturated carbocycles. The molecule has 0 aliphatic carbocycles. The lowest BCUT2D eigenvalue weighted by molar-refractivity contribution is -0.128. The van der Waals surface area contributed by atoms with Gasteiger partial charge < -0.3 is 10.6 Å². The van der Waals surface area contributed by atoms with Crippen LogP contribution in [0.25, 0.3) is 0 Å². The molecule has 0 bridgehead atoms. The van der Waals surface area contributed by atoms with Crippen LogP contribution >= 0.6 is 12.2 Å². The summed E-state index contributed by atoms with van der Waals surface area (Å²) in [5, 5.41) is 0. The van der Waals surface area contributed by atoms with Gasteiger partial charge in [-0.25, -0.2) is 0 Å². The van der Waals surface area contributed by atoms with Crippen LogP contribution in [0.2, 0.25) is 0 Å². The van der Waals surface area contributed by atoms with Crippen LogP contribution in [0.1, 0.15) is 24.1 Å². The molecular formula is C12H16N2OS. The number of nitrogens with zero attached hydrogens (tertiary/aromatic N) is 1. The number of carbonyl (C=O) groups excluding carboxylic acids is 1. The molecule has 3 nitrogen and oxygen atoms in total. The predicted molar refractivity (Wildman–Crippen MR) is 69.1 cm³/mol. The van der Waals surface area contributed by atoms with E-state index in [2.05, 4.69) is 0 Å². The third-order valence-electron chi connectivity index (χ3n) is 2.55. The van der Waals surface area contributed by atoms with Crippen molar-refractivity contribution in [1.29, 1.82) is 0 Å². The van der Waals surface area contributed by atoms with E-state index in [1.807, 2.05) is 31.2 Å². The van der Waals surface area contributed by atoms with E-state index < -0.39 is 0 Å². The summed E-state index contributed by atoms with van der Waals surface area (Å²) in [6.45, 7) is 3.51. The summed E-state index contributed by atoms with van der Waals surface area (Å²) in [6.07, 6.45) is 0. The average molecular weight is 236 g/mol. The molecule has 2 N–H and O–H groups in total. The summed E-state index contributed by atoms with van der Waals surface area (Å²) < 4.78 is 0. The highest BCUT2D eigenvalue weighted by atomic mass is 32.1. The number of likely N-dealkylation sites (N-methyl/N-ethyl adjacent to an activating group) is 1. The molecule has 0 fully saturated rings. The average Bonchev–Trinajstić information content (AvgIpc) is 2.20. The van der Waals surface area contributed by atoms with Gasteiger partial charge in [0, 0.05) is 14.0 Å². The maximum atomic E-state index is 11.3. The minimum atomic E-state index is -0.326. The van der Waals surface area contributed by atoms with Crippen molar-refractivity contribution >= 4 is 23.1 Å². The van der Waals surface area contributed by atoms with E-state index in [0.29, 0.717) is 4.99 Å². The molecule has 1 aromatic carbocycles. The first-order valence-electron chi connectivity index (χ1n) is 5.02. The van der Waals surface area contributed by atoms with E-state index in [0.717, 1.165) is 11.1 Å². The molecule has 0 aromatic heterocycles. The Morgan fingerprint density at radius 3 is 2.25 bits per heavy atom. The number of aryl methyl sites for hydroxylation is 1. The van der Waals surface area contributed by atoms with E-state index in [1.54, 1.807) is 11.9 Å². The van der Waals surface area contributed by atoms with Crippen LogP contribution in [0.5, 0.6) is 0 Å². The van der Waals surface area contributed by atoms with Gasteiger partial charge in [0.1, 0.15) is 11.0 Å². The fourth-order valence-corrected chi connectivity index (χ4v) is 1.80. The minimum Gasteiger partial charge on any atom is -0.391 e. The summed E-state index contributed by atoms with van der Waals surface area (Å²) in [7, 11) is 1.70. The number of rotatable bonds is 3. The van der Waals surface area contributed by atoms with Crippen LogP contribution in [0.4, 0.5) is 0 Å². The van der Waals surface area contributed by atoms with Gasteiger partial charge in [0.25, 0.3) is 0 Å². The Morgan fingerprint density at radius 1 is 1.38 bits per heavy atom. The van der Waals surface area contributed by atoms with Crippen molar-refractivity contribution < 1.29 is 4.79 Å². The van der Waals surface area contributed by atoms with Gasteiger partial charge in [-0.1, -0.05) is 42.0 Å². The molecule has 1 amide bonds. The second-order valence-corrected chi connectivity index (χ2v) is 4.32. The topological polar surface area (TPSA) is 46.3 Å². The van der Waals surface area contributed by atoms with Gasteiger partial charge in [-0.2, -0.15) is 0 Å². The monoisotopic (exact) mass is 236 g/mol. The molecule has 0 heterocycles. The van der Waals surface area contributed by atoms with Gasteiger partial charge in [0.2, 0.25) is 5.91 Å². The quantitative estimate of drug-likeness (QED) is 0.814. The molecule has 86 valence electrons. The number of nitrogens with two attached hydrogens (primary N) is 1. The Bertz CT molecular complexity index is 400. The lowest BCUT2D eigenvalue weighted by Gasteiger charge is -2.26. The molecule has 1 rings (SSSR count). The van der Waals surface area contributed by atoms with Gasteiger partial charge >= 0.3 is 0 Å². The Kier molecular flexibility index (Phi) is 4.01. The number of hydrogen-bond acceptors (Lipinski definition) is 2. The van der Waals surface area contributed by atoms with E-state index in [1.165, 1.54) is 6.92 Å². The standard InChI is InChI=1S/C12H16N2OS/c1-8-4-6-10(7-5-8)11(12(13)16)14(3)9(2)15/h4-7,11H,1-3H3,(H2,13,16).